The first-order valence-corrected chi connectivity index (χ1v) is 10.1. The standard InChI is InChI=1S/C19H20ClN7O3/c1-2-10-26-14-16(23-18(26)20)24-19(29)27(17(14)28)11-6-4-8-13-22-15(25-30-13)12-7-3-5-9-21-12/h3,5,7,9H,2,4,6,8,10-11H2,1H3,(H,24,29). The highest BCUT2D eigenvalue weighted by molar-refractivity contribution is 6.29. The van der Waals surface area contributed by atoms with E-state index >= 15 is 0 Å². The highest BCUT2D eigenvalue weighted by Gasteiger charge is 2.16. The number of imidazole rings is 1. The molecule has 0 unspecified atom stereocenters. The van der Waals surface area contributed by atoms with Gasteiger partial charge in [0, 0.05) is 25.7 Å². The number of H-pyrrole nitrogens is 1. The maximum Gasteiger partial charge on any atom is 0.330 e. The lowest BCUT2D eigenvalue weighted by atomic mass is 10.2. The number of aromatic nitrogens is 7. The summed E-state index contributed by atoms with van der Waals surface area (Å²) in [5.74, 6) is 0.921. The molecule has 156 valence electrons. The molecule has 1 N–H and O–H groups in total. The fourth-order valence-electron chi connectivity index (χ4n) is 3.25. The van der Waals surface area contributed by atoms with Crippen LogP contribution in [0.1, 0.15) is 32.1 Å². The molecule has 0 fully saturated rings. The normalized spacial score (nSPS) is 11.4. The second-order valence-corrected chi connectivity index (χ2v) is 7.14. The first kappa shape index (κ1) is 20.0. The van der Waals surface area contributed by atoms with E-state index in [1.807, 2.05) is 19.1 Å². The van der Waals surface area contributed by atoms with Crippen LogP contribution in [0, 0.1) is 0 Å². The fourth-order valence-corrected chi connectivity index (χ4v) is 3.50. The summed E-state index contributed by atoms with van der Waals surface area (Å²) < 4.78 is 8.07. The molecule has 4 rings (SSSR count). The molecular weight excluding hydrogens is 410 g/mol. The van der Waals surface area contributed by atoms with Gasteiger partial charge in [0.15, 0.2) is 11.2 Å². The van der Waals surface area contributed by atoms with Crippen molar-refractivity contribution in [3.8, 4) is 11.5 Å². The van der Waals surface area contributed by atoms with E-state index in [0.717, 1.165) is 6.42 Å². The molecular formula is C19H20ClN7O3. The molecule has 0 radical (unpaired) electrons. The monoisotopic (exact) mass is 429 g/mol. The van der Waals surface area contributed by atoms with Crippen molar-refractivity contribution in [3.05, 3.63) is 56.4 Å². The number of hydrogen-bond acceptors (Lipinski definition) is 7. The van der Waals surface area contributed by atoms with Gasteiger partial charge < -0.3 is 9.09 Å². The van der Waals surface area contributed by atoms with E-state index in [-0.39, 0.29) is 17.5 Å². The molecule has 0 saturated heterocycles. The molecule has 30 heavy (non-hydrogen) atoms. The van der Waals surface area contributed by atoms with Crippen LogP contribution in [0.15, 0.2) is 38.5 Å². The van der Waals surface area contributed by atoms with E-state index in [1.54, 1.807) is 16.8 Å². The molecule has 0 saturated carbocycles. The van der Waals surface area contributed by atoms with E-state index in [0.29, 0.717) is 48.7 Å². The van der Waals surface area contributed by atoms with Crippen molar-refractivity contribution in [1.29, 1.82) is 0 Å². The Kier molecular flexibility index (Phi) is 5.75. The molecule has 0 atom stereocenters. The van der Waals surface area contributed by atoms with Gasteiger partial charge in [-0.15, -0.1) is 0 Å². The molecule has 10 nitrogen and oxygen atoms in total. The Bertz CT molecular complexity index is 1270. The third-order valence-electron chi connectivity index (χ3n) is 4.67. The van der Waals surface area contributed by atoms with E-state index in [9.17, 15) is 9.59 Å². The third-order valence-corrected chi connectivity index (χ3v) is 4.96. The van der Waals surface area contributed by atoms with E-state index < -0.39 is 11.2 Å². The molecule has 0 amide bonds. The maximum absolute atomic E-state index is 12.9. The first-order chi connectivity index (χ1) is 14.6. The second-order valence-electron chi connectivity index (χ2n) is 6.80. The minimum absolute atomic E-state index is 0.192. The van der Waals surface area contributed by atoms with Crippen molar-refractivity contribution >= 4 is 22.8 Å². The highest BCUT2D eigenvalue weighted by Crippen LogP contribution is 2.15. The Balaban J connectivity index is 1.44. The van der Waals surface area contributed by atoms with Crippen molar-refractivity contribution in [1.82, 2.24) is 34.2 Å². The summed E-state index contributed by atoms with van der Waals surface area (Å²) in [6, 6.07) is 5.47. The molecule has 0 aliphatic carbocycles. The molecule has 4 aromatic rings. The average Bonchev–Trinajstić information content (AvgIpc) is 3.33. The first-order valence-electron chi connectivity index (χ1n) is 9.71. The molecule has 0 aromatic carbocycles. The predicted molar refractivity (Wildman–Crippen MR) is 110 cm³/mol. The van der Waals surface area contributed by atoms with Crippen LogP contribution >= 0.6 is 11.6 Å². The summed E-state index contributed by atoms with van der Waals surface area (Å²) in [4.78, 5) is 40.4. The quantitative estimate of drug-likeness (QED) is 0.337. The zero-order valence-corrected chi connectivity index (χ0v) is 17.1. The predicted octanol–water partition coefficient (Wildman–Crippen LogP) is 2.42. The number of nitrogens with one attached hydrogen (secondary N) is 1. The van der Waals surface area contributed by atoms with Gasteiger partial charge in [-0.3, -0.25) is 19.3 Å². The van der Waals surface area contributed by atoms with Crippen LogP contribution < -0.4 is 11.2 Å². The Hall–Kier alpha value is -3.27. The van der Waals surface area contributed by atoms with Crippen molar-refractivity contribution in [2.24, 2.45) is 0 Å². The average molecular weight is 430 g/mol. The SMILES string of the molecule is CCCn1c(Cl)nc2[nH]c(=O)n(CCCCc3nc(-c4ccccn4)no3)c(=O)c21. The topological polar surface area (TPSA) is 124 Å². The number of aryl methyl sites for hydroxylation is 2. The Morgan fingerprint density at radius 3 is 2.77 bits per heavy atom. The lowest BCUT2D eigenvalue weighted by Gasteiger charge is -2.06. The van der Waals surface area contributed by atoms with Crippen LogP contribution in [0.2, 0.25) is 5.28 Å². The molecule has 11 heteroatoms. The summed E-state index contributed by atoms with van der Waals surface area (Å²) in [5, 5.41) is 4.13. The zero-order valence-electron chi connectivity index (χ0n) is 16.3. The summed E-state index contributed by atoms with van der Waals surface area (Å²) in [6.07, 6.45) is 4.24. The summed E-state index contributed by atoms with van der Waals surface area (Å²) >= 11 is 6.12. The van der Waals surface area contributed by atoms with Crippen LogP contribution in [0.3, 0.4) is 0 Å². The Labute approximate surface area is 175 Å². The molecule has 0 aliphatic rings. The Morgan fingerprint density at radius 2 is 2.00 bits per heavy atom. The minimum atomic E-state index is -0.499. The van der Waals surface area contributed by atoms with E-state index in [1.165, 1.54) is 4.57 Å². The molecule has 4 heterocycles. The van der Waals surface area contributed by atoms with Crippen LogP contribution in [0.25, 0.3) is 22.7 Å². The van der Waals surface area contributed by atoms with Gasteiger partial charge in [0.25, 0.3) is 5.56 Å². The fraction of sp³-hybridized carbons (Fsp3) is 0.368. The highest BCUT2D eigenvalue weighted by atomic mass is 35.5. The van der Waals surface area contributed by atoms with E-state index in [4.69, 9.17) is 16.1 Å². The molecule has 0 spiro atoms. The Morgan fingerprint density at radius 1 is 1.13 bits per heavy atom. The number of nitrogens with zero attached hydrogens (tertiary/aromatic N) is 6. The number of unbranched alkanes of at least 4 members (excludes halogenated alkanes) is 1. The van der Waals surface area contributed by atoms with Crippen LogP contribution in [-0.2, 0) is 19.5 Å². The van der Waals surface area contributed by atoms with Gasteiger partial charge in [0.1, 0.15) is 5.69 Å². The number of hydrogen-bond donors (Lipinski definition) is 1. The summed E-state index contributed by atoms with van der Waals surface area (Å²) in [5.41, 5.74) is 0.282. The van der Waals surface area contributed by atoms with E-state index in [2.05, 4.69) is 25.1 Å². The van der Waals surface area contributed by atoms with Gasteiger partial charge >= 0.3 is 5.69 Å². The number of halogens is 1. The van der Waals surface area contributed by atoms with Gasteiger partial charge in [-0.1, -0.05) is 18.1 Å². The lowest BCUT2D eigenvalue weighted by Crippen LogP contribution is -2.35. The number of aromatic amines is 1. The number of pyridine rings is 1. The van der Waals surface area contributed by atoms with Crippen LogP contribution in [0.5, 0.6) is 0 Å². The molecule has 4 aromatic heterocycles. The van der Waals surface area contributed by atoms with Crippen LogP contribution in [0.4, 0.5) is 0 Å². The number of rotatable bonds is 8. The summed E-state index contributed by atoms with van der Waals surface area (Å²) in [7, 11) is 0. The lowest BCUT2D eigenvalue weighted by molar-refractivity contribution is 0.372. The largest absolute Gasteiger partial charge is 0.339 e. The second kappa shape index (κ2) is 8.62. The van der Waals surface area contributed by atoms with Crippen molar-refractivity contribution in [2.45, 2.75) is 45.7 Å². The van der Waals surface area contributed by atoms with Crippen molar-refractivity contribution in [2.75, 3.05) is 0 Å². The summed E-state index contributed by atoms with van der Waals surface area (Å²) in [6.45, 7) is 2.79. The maximum atomic E-state index is 12.9. The van der Waals surface area contributed by atoms with Crippen molar-refractivity contribution in [3.63, 3.8) is 0 Å². The smallest absolute Gasteiger partial charge is 0.330 e. The number of fused-ring (bicyclic) bond motifs is 1. The molecule has 0 aliphatic heterocycles. The van der Waals surface area contributed by atoms with Gasteiger partial charge in [0.2, 0.25) is 17.0 Å². The zero-order chi connectivity index (χ0) is 21.1. The van der Waals surface area contributed by atoms with Crippen LogP contribution in [-0.4, -0.2) is 34.2 Å². The van der Waals surface area contributed by atoms with Gasteiger partial charge in [-0.2, -0.15) is 9.97 Å². The van der Waals surface area contributed by atoms with Gasteiger partial charge in [-0.05, 0) is 43.0 Å². The van der Waals surface area contributed by atoms with Gasteiger partial charge in [0.05, 0.1) is 0 Å². The van der Waals surface area contributed by atoms with Crippen molar-refractivity contribution < 1.29 is 4.52 Å². The third kappa shape index (κ3) is 3.90. The van der Waals surface area contributed by atoms with Gasteiger partial charge in [-0.25, -0.2) is 4.79 Å². The minimum Gasteiger partial charge on any atom is -0.339 e. The molecule has 0 bridgehead atoms.